The maximum absolute atomic E-state index is 11.4. The Morgan fingerprint density at radius 2 is 2.26 bits per heavy atom. The summed E-state index contributed by atoms with van der Waals surface area (Å²) >= 11 is 1.23. The predicted molar refractivity (Wildman–Crippen MR) is 70.6 cm³/mol. The van der Waals surface area contributed by atoms with Crippen molar-refractivity contribution in [1.82, 2.24) is 24.9 Å². The Labute approximate surface area is 115 Å². The Morgan fingerprint density at radius 1 is 1.47 bits per heavy atom. The van der Waals surface area contributed by atoms with Crippen LogP contribution in [0.3, 0.4) is 0 Å². The van der Waals surface area contributed by atoms with E-state index in [0.29, 0.717) is 11.1 Å². The van der Waals surface area contributed by atoms with Crippen molar-refractivity contribution in [3.63, 3.8) is 0 Å². The van der Waals surface area contributed by atoms with E-state index in [0.717, 1.165) is 12.1 Å². The van der Waals surface area contributed by atoms with Gasteiger partial charge >= 0.3 is 0 Å². The van der Waals surface area contributed by atoms with Gasteiger partial charge < -0.3 is 9.32 Å². The maximum Gasteiger partial charge on any atom is 0.277 e. The van der Waals surface area contributed by atoms with E-state index in [1.54, 1.807) is 25.0 Å². The first-order valence-corrected chi connectivity index (χ1v) is 6.78. The lowest BCUT2D eigenvalue weighted by atomic mass is 10.4. The van der Waals surface area contributed by atoms with E-state index in [-0.39, 0.29) is 11.7 Å². The van der Waals surface area contributed by atoms with Crippen LogP contribution in [0.1, 0.15) is 6.92 Å². The van der Waals surface area contributed by atoms with Crippen LogP contribution < -0.4 is 0 Å². The zero-order valence-electron chi connectivity index (χ0n) is 11.0. The minimum Gasteiger partial charge on any atom is -0.411 e. The molecule has 0 unspecified atom stereocenters. The summed E-state index contributed by atoms with van der Waals surface area (Å²) in [7, 11) is 3.42. The molecule has 0 aromatic carbocycles. The summed E-state index contributed by atoms with van der Waals surface area (Å²) < 4.78 is 7.25. The van der Waals surface area contributed by atoms with Gasteiger partial charge in [0.1, 0.15) is 0 Å². The van der Waals surface area contributed by atoms with E-state index >= 15 is 0 Å². The molecule has 0 saturated heterocycles. The van der Waals surface area contributed by atoms with Gasteiger partial charge in [-0.2, -0.15) is 5.10 Å². The van der Waals surface area contributed by atoms with Crippen molar-refractivity contribution in [3.05, 3.63) is 12.4 Å². The van der Waals surface area contributed by atoms with Crippen molar-refractivity contribution in [3.8, 4) is 11.5 Å². The number of thioether (sulfide) groups is 1. The fraction of sp³-hybridized carbons (Fsp3) is 0.455. The largest absolute Gasteiger partial charge is 0.411 e. The van der Waals surface area contributed by atoms with Gasteiger partial charge in [-0.1, -0.05) is 11.8 Å². The Kier molecular flexibility index (Phi) is 4.20. The van der Waals surface area contributed by atoms with Crippen LogP contribution >= 0.6 is 11.8 Å². The average molecular weight is 281 g/mol. The SMILES string of the molecule is CCn1cc(-c2nnc(SCC(=O)N(C)C)o2)cn1. The van der Waals surface area contributed by atoms with Gasteiger partial charge in [0, 0.05) is 26.8 Å². The second kappa shape index (κ2) is 5.87. The standard InChI is InChI=1S/C11H15N5O2S/c1-4-16-6-8(5-12-16)10-13-14-11(18-10)19-7-9(17)15(2)3/h5-6H,4,7H2,1-3H3. The topological polar surface area (TPSA) is 77.0 Å². The number of hydrogen-bond acceptors (Lipinski definition) is 6. The van der Waals surface area contributed by atoms with Gasteiger partial charge in [-0.3, -0.25) is 9.48 Å². The third-order valence-corrected chi connectivity index (χ3v) is 3.23. The summed E-state index contributed by atoms with van der Waals surface area (Å²) in [6.07, 6.45) is 3.52. The Hall–Kier alpha value is -1.83. The van der Waals surface area contributed by atoms with Crippen LogP contribution in [-0.4, -0.2) is 50.6 Å². The number of aromatic nitrogens is 4. The van der Waals surface area contributed by atoms with E-state index in [2.05, 4.69) is 15.3 Å². The van der Waals surface area contributed by atoms with Crippen LogP contribution in [0.5, 0.6) is 0 Å². The summed E-state index contributed by atoms with van der Waals surface area (Å²) in [6, 6.07) is 0. The van der Waals surface area contributed by atoms with E-state index in [1.807, 2.05) is 13.1 Å². The molecule has 2 aromatic heterocycles. The maximum atomic E-state index is 11.4. The molecule has 0 N–H and O–H groups in total. The molecular formula is C11H15N5O2S. The van der Waals surface area contributed by atoms with Crippen LogP contribution in [0.25, 0.3) is 11.5 Å². The summed E-state index contributed by atoms with van der Waals surface area (Å²) in [5.41, 5.74) is 0.778. The zero-order valence-corrected chi connectivity index (χ0v) is 11.8. The van der Waals surface area contributed by atoms with Crippen LogP contribution in [-0.2, 0) is 11.3 Å². The number of carbonyl (C=O) groups is 1. The van der Waals surface area contributed by atoms with E-state index in [4.69, 9.17) is 4.42 Å². The average Bonchev–Trinajstić information content (AvgIpc) is 3.03. The molecule has 0 fully saturated rings. The predicted octanol–water partition coefficient (Wildman–Crippen LogP) is 1.13. The first kappa shape index (κ1) is 13.6. The molecule has 2 heterocycles. The molecule has 19 heavy (non-hydrogen) atoms. The highest BCUT2D eigenvalue weighted by Gasteiger charge is 2.13. The molecule has 2 aromatic rings. The van der Waals surface area contributed by atoms with Gasteiger partial charge in [0.15, 0.2) is 0 Å². The molecule has 8 heteroatoms. The second-order valence-corrected chi connectivity index (χ2v) is 4.96. The van der Waals surface area contributed by atoms with Gasteiger partial charge in [-0.25, -0.2) is 0 Å². The lowest BCUT2D eigenvalue weighted by molar-refractivity contribution is -0.125. The molecule has 0 spiro atoms. The van der Waals surface area contributed by atoms with Crippen LogP contribution in [0.2, 0.25) is 0 Å². The van der Waals surface area contributed by atoms with E-state index in [9.17, 15) is 4.79 Å². The Morgan fingerprint density at radius 3 is 2.89 bits per heavy atom. The smallest absolute Gasteiger partial charge is 0.277 e. The van der Waals surface area contributed by atoms with Crippen molar-refractivity contribution in [2.75, 3.05) is 19.8 Å². The molecule has 0 aliphatic carbocycles. The summed E-state index contributed by atoms with van der Waals surface area (Å²) in [5, 5.41) is 12.4. The highest BCUT2D eigenvalue weighted by Crippen LogP contribution is 2.22. The first-order valence-electron chi connectivity index (χ1n) is 5.79. The highest BCUT2D eigenvalue weighted by atomic mass is 32.2. The normalized spacial score (nSPS) is 10.7. The van der Waals surface area contributed by atoms with Gasteiger partial charge in [-0.15, -0.1) is 10.2 Å². The summed E-state index contributed by atoms with van der Waals surface area (Å²) in [6.45, 7) is 2.78. The minimum atomic E-state index is 0.00329. The van der Waals surface area contributed by atoms with Crippen LogP contribution in [0.15, 0.2) is 22.0 Å². The van der Waals surface area contributed by atoms with Crippen LogP contribution in [0.4, 0.5) is 0 Å². The summed E-state index contributed by atoms with van der Waals surface area (Å²) in [5.74, 6) is 0.700. The number of carbonyl (C=O) groups excluding carboxylic acids is 1. The number of rotatable bonds is 5. The van der Waals surface area contributed by atoms with Crippen molar-refractivity contribution in [2.24, 2.45) is 0 Å². The van der Waals surface area contributed by atoms with Gasteiger partial charge in [0.05, 0.1) is 17.5 Å². The third kappa shape index (κ3) is 3.34. The quantitative estimate of drug-likeness (QED) is 0.765. The first-order chi connectivity index (χ1) is 9.10. The Balaban J connectivity index is 2.01. The van der Waals surface area contributed by atoms with Crippen LogP contribution in [0, 0.1) is 0 Å². The molecule has 0 saturated carbocycles. The minimum absolute atomic E-state index is 0.00329. The fourth-order valence-electron chi connectivity index (χ4n) is 1.28. The zero-order chi connectivity index (χ0) is 13.8. The molecule has 0 radical (unpaired) electrons. The number of aryl methyl sites for hydroxylation is 1. The second-order valence-electron chi connectivity index (χ2n) is 4.03. The molecule has 0 aliphatic rings. The van der Waals surface area contributed by atoms with Gasteiger partial charge in [0.25, 0.3) is 11.1 Å². The number of amides is 1. The summed E-state index contributed by atoms with van der Waals surface area (Å²) in [4.78, 5) is 13.0. The third-order valence-electron chi connectivity index (χ3n) is 2.43. The van der Waals surface area contributed by atoms with Gasteiger partial charge in [0.2, 0.25) is 5.91 Å². The Bertz CT molecular complexity index is 563. The number of nitrogens with zero attached hydrogens (tertiary/aromatic N) is 5. The molecule has 7 nitrogen and oxygen atoms in total. The van der Waals surface area contributed by atoms with E-state index in [1.165, 1.54) is 16.7 Å². The lowest BCUT2D eigenvalue weighted by Crippen LogP contribution is -2.23. The van der Waals surface area contributed by atoms with E-state index < -0.39 is 0 Å². The van der Waals surface area contributed by atoms with Gasteiger partial charge in [-0.05, 0) is 6.92 Å². The lowest BCUT2D eigenvalue weighted by Gasteiger charge is -2.07. The molecule has 0 aliphatic heterocycles. The highest BCUT2D eigenvalue weighted by molar-refractivity contribution is 7.99. The number of hydrogen-bond donors (Lipinski definition) is 0. The molecule has 102 valence electrons. The molecular weight excluding hydrogens is 266 g/mol. The molecule has 1 amide bonds. The van der Waals surface area contributed by atoms with Crippen molar-refractivity contribution < 1.29 is 9.21 Å². The fourth-order valence-corrected chi connectivity index (χ4v) is 2.03. The van der Waals surface area contributed by atoms with Crippen molar-refractivity contribution in [2.45, 2.75) is 18.7 Å². The monoisotopic (exact) mass is 281 g/mol. The molecule has 2 rings (SSSR count). The molecule has 0 bridgehead atoms. The molecule has 0 atom stereocenters. The van der Waals surface area contributed by atoms with Crippen molar-refractivity contribution >= 4 is 17.7 Å². The van der Waals surface area contributed by atoms with Crippen molar-refractivity contribution in [1.29, 1.82) is 0 Å².